The molecule has 0 spiro atoms. The van der Waals surface area contributed by atoms with Crippen LogP contribution in [0.4, 0.5) is 0 Å². The Morgan fingerprint density at radius 2 is 1.85 bits per heavy atom. The molecule has 1 fully saturated rings. The molecule has 2 heterocycles. The highest BCUT2D eigenvalue weighted by molar-refractivity contribution is 5.30. The summed E-state index contributed by atoms with van der Waals surface area (Å²) >= 11 is 0. The molecule has 2 unspecified atom stereocenters. The molecule has 20 heavy (non-hydrogen) atoms. The number of rotatable bonds is 3. The highest BCUT2D eigenvalue weighted by atomic mass is 16.5. The second-order valence-electron chi connectivity index (χ2n) is 5.29. The summed E-state index contributed by atoms with van der Waals surface area (Å²) in [5.74, 6) is 0.859. The van der Waals surface area contributed by atoms with Crippen molar-refractivity contribution in [1.82, 2.24) is 25.1 Å². The number of benzene rings is 1. The van der Waals surface area contributed by atoms with Crippen LogP contribution in [0.1, 0.15) is 19.7 Å². The van der Waals surface area contributed by atoms with Gasteiger partial charge in [-0.15, -0.1) is 5.10 Å². The van der Waals surface area contributed by atoms with Crippen molar-refractivity contribution in [3.63, 3.8) is 0 Å². The summed E-state index contributed by atoms with van der Waals surface area (Å²) < 4.78 is 7.55. The molecule has 6 heteroatoms. The number of morpholine rings is 1. The van der Waals surface area contributed by atoms with Gasteiger partial charge in [0.25, 0.3) is 0 Å². The summed E-state index contributed by atoms with van der Waals surface area (Å²) in [6, 6.07) is 9.97. The summed E-state index contributed by atoms with van der Waals surface area (Å²) in [6.07, 6.45) is 0.500. The lowest BCUT2D eigenvalue weighted by Crippen LogP contribution is -2.45. The van der Waals surface area contributed by atoms with Gasteiger partial charge in [-0.2, -0.15) is 4.68 Å². The van der Waals surface area contributed by atoms with Crippen molar-refractivity contribution in [2.75, 3.05) is 13.1 Å². The van der Waals surface area contributed by atoms with Crippen LogP contribution in [0.3, 0.4) is 0 Å². The van der Waals surface area contributed by atoms with E-state index in [1.54, 1.807) is 4.68 Å². The number of ether oxygens (including phenoxy) is 1. The Bertz CT molecular complexity index is 546. The summed E-state index contributed by atoms with van der Waals surface area (Å²) in [5, 5.41) is 12.1. The molecule has 0 N–H and O–H groups in total. The second kappa shape index (κ2) is 5.68. The van der Waals surface area contributed by atoms with Gasteiger partial charge in [0.15, 0.2) is 5.82 Å². The van der Waals surface area contributed by atoms with E-state index in [0.29, 0.717) is 0 Å². The molecule has 106 valence electrons. The Morgan fingerprint density at radius 3 is 2.55 bits per heavy atom. The quantitative estimate of drug-likeness (QED) is 0.843. The molecular formula is C14H19N5O. The number of aromatic nitrogens is 4. The topological polar surface area (TPSA) is 56.1 Å². The van der Waals surface area contributed by atoms with Gasteiger partial charge in [-0.3, -0.25) is 4.90 Å². The van der Waals surface area contributed by atoms with Gasteiger partial charge in [0.05, 0.1) is 24.4 Å². The molecule has 2 aromatic rings. The zero-order valence-electron chi connectivity index (χ0n) is 11.8. The van der Waals surface area contributed by atoms with Crippen LogP contribution in [0.25, 0.3) is 5.69 Å². The predicted molar refractivity (Wildman–Crippen MR) is 74.4 cm³/mol. The van der Waals surface area contributed by atoms with Gasteiger partial charge in [-0.25, -0.2) is 0 Å². The van der Waals surface area contributed by atoms with Crippen LogP contribution >= 0.6 is 0 Å². The third-order valence-corrected chi connectivity index (χ3v) is 3.40. The lowest BCUT2D eigenvalue weighted by atomic mass is 10.2. The minimum Gasteiger partial charge on any atom is -0.373 e. The lowest BCUT2D eigenvalue weighted by Gasteiger charge is -2.34. The van der Waals surface area contributed by atoms with Crippen LogP contribution in [-0.4, -0.2) is 50.4 Å². The smallest absolute Gasteiger partial charge is 0.170 e. The first-order chi connectivity index (χ1) is 9.72. The number of hydrogen-bond donors (Lipinski definition) is 0. The predicted octanol–water partition coefficient (Wildman–Crippen LogP) is 1.27. The largest absolute Gasteiger partial charge is 0.373 e. The van der Waals surface area contributed by atoms with Crippen molar-refractivity contribution in [2.24, 2.45) is 0 Å². The van der Waals surface area contributed by atoms with E-state index >= 15 is 0 Å². The van der Waals surface area contributed by atoms with E-state index in [1.807, 2.05) is 30.3 Å². The molecule has 0 saturated carbocycles. The fourth-order valence-corrected chi connectivity index (χ4v) is 2.69. The third kappa shape index (κ3) is 2.86. The molecule has 0 bridgehead atoms. The molecule has 0 amide bonds. The van der Waals surface area contributed by atoms with Crippen molar-refractivity contribution >= 4 is 0 Å². The molecule has 2 atom stereocenters. The summed E-state index contributed by atoms with van der Waals surface area (Å²) in [4.78, 5) is 2.34. The normalized spacial score (nSPS) is 23.9. The minimum absolute atomic E-state index is 0.250. The van der Waals surface area contributed by atoms with Crippen LogP contribution in [0.5, 0.6) is 0 Å². The van der Waals surface area contributed by atoms with E-state index in [0.717, 1.165) is 31.1 Å². The first-order valence-corrected chi connectivity index (χ1v) is 6.93. The highest BCUT2D eigenvalue weighted by Crippen LogP contribution is 2.14. The zero-order valence-corrected chi connectivity index (χ0v) is 11.8. The Morgan fingerprint density at radius 1 is 1.15 bits per heavy atom. The number of para-hydroxylation sites is 1. The standard InChI is InChI=1S/C14H19N5O/c1-11-8-18(9-12(2)20-11)10-14-15-16-17-19(14)13-6-4-3-5-7-13/h3-7,11-12H,8-10H2,1-2H3. The second-order valence-corrected chi connectivity index (χ2v) is 5.29. The van der Waals surface area contributed by atoms with Crippen LogP contribution in [-0.2, 0) is 11.3 Å². The number of nitrogens with zero attached hydrogens (tertiary/aromatic N) is 5. The van der Waals surface area contributed by atoms with E-state index in [2.05, 4.69) is 34.3 Å². The average Bonchev–Trinajstić information content (AvgIpc) is 2.86. The molecule has 1 aromatic carbocycles. The fraction of sp³-hybridized carbons (Fsp3) is 0.500. The van der Waals surface area contributed by atoms with Gasteiger partial charge in [0.2, 0.25) is 0 Å². The summed E-state index contributed by atoms with van der Waals surface area (Å²) in [5.41, 5.74) is 0.988. The first kappa shape index (κ1) is 13.2. The SMILES string of the molecule is CC1CN(Cc2nnnn2-c2ccccc2)CC(C)O1. The lowest BCUT2D eigenvalue weighted by molar-refractivity contribution is -0.0712. The van der Waals surface area contributed by atoms with E-state index in [-0.39, 0.29) is 12.2 Å². The van der Waals surface area contributed by atoms with E-state index in [4.69, 9.17) is 4.74 Å². The van der Waals surface area contributed by atoms with Crippen LogP contribution in [0.2, 0.25) is 0 Å². The van der Waals surface area contributed by atoms with Gasteiger partial charge in [-0.1, -0.05) is 18.2 Å². The Balaban J connectivity index is 1.77. The molecule has 1 aliphatic heterocycles. The van der Waals surface area contributed by atoms with Crippen LogP contribution in [0, 0.1) is 0 Å². The van der Waals surface area contributed by atoms with Crippen LogP contribution < -0.4 is 0 Å². The van der Waals surface area contributed by atoms with E-state index < -0.39 is 0 Å². The van der Waals surface area contributed by atoms with Crippen molar-refractivity contribution in [2.45, 2.75) is 32.6 Å². The van der Waals surface area contributed by atoms with Gasteiger partial charge in [0.1, 0.15) is 0 Å². The average molecular weight is 273 g/mol. The number of tetrazole rings is 1. The summed E-state index contributed by atoms with van der Waals surface area (Å²) in [7, 11) is 0. The van der Waals surface area contributed by atoms with Gasteiger partial charge < -0.3 is 4.74 Å². The molecule has 0 aliphatic carbocycles. The van der Waals surface area contributed by atoms with E-state index in [1.165, 1.54) is 0 Å². The molecular weight excluding hydrogens is 254 g/mol. The highest BCUT2D eigenvalue weighted by Gasteiger charge is 2.23. The Kier molecular flexibility index (Phi) is 3.75. The van der Waals surface area contributed by atoms with Crippen LogP contribution in [0.15, 0.2) is 30.3 Å². The first-order valence-electron chi connectivity index (χ1n) is 6.93. The molecule has 1 aliphatic rings. The zero-order chi connectivity index (χ0) is 13.9. The fourth-order valence-electron chi connectivity index (χ4n) is 2.69. The minimum atomic E-state index is 0.250. The van der Waals surface area contributed by atoms with E-state index in [9.17, 15) is 0 Å². The number of hydrogen-bond acceptors (Lipinski definition) is 5. The maximum Gasteiger partial charge on any atom is 0.170 e. The van der Waals surface area contributed by atoms with Crippen molar-refractivity contribution < 1.29 is 4.74 Å². The van der Waals surface area contributed by atoms with Crippen molar-refractivity contribution in [3.8, 4) is 5.69 Å². The molecule has 1 saturated heterocycles. The molecule has 6 nitrogen and oxygen atoms in total. The maximum atomic E-state index is 5.75. The van der Waals surface area contributed by atoms with Crippen molar-refractivity contribution in [3.05, 3.63) is 36.2 Å². The summed E-state index contributed by atoms with van der Waals surface area (Å²) in [6.45, 7) is 6.75. The van der Waals surface area contributed by atoms with Crippen molar-refractivity contribution in [1.29, 1.82) is 0 Å². The maximum absolute atomic E-state index is 5.75. The van der Waals surface area contributed by atoms with Gasteiger partial charge in [-0.05, 0) is 36.4 Å². The molecule has 1 aromatic heterocycles. The third-order valence-electron chi connectivity index (χ3n) is 3.40. The van der Waals surface area contributed by atoms with Gasteiger partial charge >= 0.3 is 0 Å². The monoisotopic (exact) mass is 273 g/mol. The molecule has 3 rings (SSSR count). The molecule has 0 radical (unpaired) electrons. The Hall–Kier alpha value is -1.79. The van der Waals surface area contributed by atoms with Gasteiger partial charge in [0, 0.05) is 13.1 Å². The Labute approximate surface area is 118 Å².